The molecule has 0 saturated heterocycles. The van der Waals surface area contributed by atoms with Crippen molar-refractivity contribution in [1.82, 2.24) is 0 Å². The zero-order valence-electron chi connectivity index (χ0n) is 17.4. The summed E-state index contributed by atoms with van der Waals surface area (Å²) >= 11 is -0.472. The van der Waals surface area contributed by atoms with Crippen molar-refractivity contribution in [3.8, 4) is 0 Å². The Morgan fingerprint density at radius 2 is 1.03 bits per heavy atom. The van der Waals surface area contributed by atoms with E-state index in [1.807, 2.05) is 13.8 Å². The second-order valence-corrected chi connectivity index (χ2v) is 13.5. The van der Waals surface area contributed by atoms with Crippen molar-refractivity contribution in [1.29, 1.82) is 0 Å². The minimum absolute atomic E-state index is 0.0146. The number of nitrogens with two attached hydrogens (primary N) is 2. The van der Waals surface area contributed by atoms with Crippen LogP contribution in [0.1, 0.15) is 11.1 Å². The van der Waals surface area contributed by atoms with E-state index in [1.165, 1.54) is 24.3 Å². The van der Waals surface area contributed by atoms with Crippen LogP contribution in [0.5, 0.6) is 0 Å². The summed E-state index contributed by atoms with van der Waals surface area (Å²) in [6.07, 6.45) is 0. The number of rotatable bonds is 10. The summed E-state index contributed by atoms with van der Waals surface area (Å²) < 4.78 is 59.9. The van der Waals surface area contributed by atoms with E-state index in [1.54, 1.807) is 24.3 Å². The number of hydrogen-bond donors (Lipinski definition) is 2. The molecule has 13 heteroatoms. The summed E-state index contributed by atoms with van der Waals surface area (Å²) in [6, 6.07) is 12.3. The molecule has 2 rings (SSSR count). The predicted molar refractivity (Wildman–Crippen MR) is 121 cm³/mol. The van der Waals surface area contributed by atoms with Gasteiger partial charge in [-0.2, -0.15) is 16.8 Å². The quantitative estimate of drug-likeness (QED) is 0.360. The third-order valence-corrected chi connectivity index (χ3v) is 7.08. The molecule has 0 aliphatic carbocycles. The molecule has 0 amide bonds. The molecule has 0 bridgehead atoms. The Morgan fingerprint density at radius 1 is 0.750 bits per heavy atom. The van der Waals surface area contributed by atoms with Crippen LogP contribution in [0.2, 0.25) is 0 Å². The summed E-state index contributed by atoms with van der Waals surface area (Å²) in [5.74, 6) is 0. The van der Waals surface area contributed by atoms with Crippen LogP contribution in [0.4, 0.5) is 0 Å². The van der Waals surface area contributed by atoms with Crippen molar-refractivity contribution < 1.29 is 41.7 Å². The number of hydrogen-bond acceptors (Lipinski definition) is 8. The second kappa shape index (κ2) is 13.4. The van der Waals surface area contributed by atoms with Crippen molar-refractivity contribution in [3.63, 3.8) is 0 Å². The third-order valence-electron chi connectivity index (χ3n) is 4.53. The van der Waals surface area contributed by atoms with E-state index in [0.717, 1.165) is 11.1 Å². The van der Waals surface area contributed by atoms with Gasteiger partial charge in [-0.1, -0.05) is 35.4 Å². The maximum atomic E-state index is 12.4. The van der Waals surface area contributed by atoms with Crippen LogP contribution in [0.25, 0.3) is 0 Å². The van der Waals surface area contributed by atoms with Gasteiger partial charge in [-0.05, 0) is 38.1 Å². The first-order valence-corrected chi connectivity index (χ1v) is 17.5. The molecule has 0 radical (unpaired) electrons. The molecular weight excluding hydrogens is 682 g/mol. The second-order valence-electron chi connectivity index (χ2n) is 7.01. The summed E-state index contributed by atoms with van der Waals surface area (Å²) in [4.78, 5) is -0.0292. The Hall–Kier alpha value is -0.552. The molecule has 0 unspecified atom stereocenters. The maximum absolute atomic E-state index is 12.4. The molecule has 32 heavy (non-hydrogen) atoms. The molecule has 184 valence electrons. The molecule has 2 aromatic carbocycles. The zero-order valence-corrected chi connectivity index (χ0v) is 22.9. The van der Waals surface area contributed by atoms with E-state index in [2.05, 4.69) is 0 Å². The van der Waals surface area contributed by atoms with E-state index in [-0.39, 0.29) is 22.9 Å². The van der Waals surface area contributed by atoms with Gasteiger partial charge in [0.25, 0.3) is 20.2 Å². The molecule has 0 atom stereocenters. The predicted octanol–water partition coefficient (Wildman–Crippen LogP) is 2.69. The van der Waals surface area contributed by atoms with Crippen LogP contribution in [0.3, 0.4) is 0 Å². The SMILES string of the molecule is Cc1ccc(S(=O)(=O)OCC(CN)(CN)COS(=O)(=O)c2ccc(C)cc2)cc1.[Cl][Pt][Cl]. The van der Waals surface area contributed by atoms with Gasteiger partial charge in [0, 0.05) is 18.5 Å². The Morgan fingerprint density at radius 3 is 1.28 bits per heavy atom. The topological polar surface area (TPSA) is 139 Å². The van der Waals surface area contributed by atoms with Crippen LogP contribution in [0.15, 0.2) is 58.3 Å². The van der Waals surface area contributed by atoms with Crippen molar-refractivity contribution in [2.24, 2.45) is 16.9 Å². The standard InChI is InChI=1S/C19H26N2O6S2.2ClH.Pt/c1-15-3-7-17(8-4-15)28(22,23)26-13-19(11-20,12-21)14-27-29(24,25)18-9-5-16(2)6-10-18;;;/h3-10H,11-14,20-21H2,1-2H3;2*1H;/q;;;+2/p-2. The Balaban J connectivity index is 0.00000161. The Labute approximate surface area is 206 Å². The van der Waals surface area contributed by atoms with Gasteiger partial charge < -0.3 is 11.5 Å². The van der Waals surface area contributed by atoms with E-state index >= 15 is 0 Å². The molecule has 4 N–H and O–H groups in total. The van der Waals surface area contributed by atoms with Crippen molar-refractivity contribution in [2.75, 3.05) is 26.3 Å². The molecule has 2 aromatic rings. The molecule has 0 aromatic heterocycles. The van der Waals surface area contributed by atoms with E-state index in [4.69, 9.17) is 38.7 Å². The fourth-order valence-electron chi connectivity index (χ4n) is 2.31. The zero-order chi connectivity index (χ0) is 24.4. The monoisotopic (exact) mass is 707 g/mol. The molecule has 0 spiro atoms. The Kier molecular flexibility index (Phi) is 12.3. The number of benzene rings is 2. The molecule has 8 nitrogen and oxygen atoms in total. The molecule has 0 fully saturated rings. The molecule has 0 aliphatic heterocycles. The molecule has 0 saturated carbocycles. The van der Waals surface area contributed by atoms with Gasteiger partial charge in [0.05, 0.1) is 23.0 Å². The van der Waals surface area contributed by atoms with Gasteiger partial charge in [0.2, 0.25) is 0 Å². The molecular formula is C19H26Cl2N2O6PtS2. The van der Waals surface area contributed by atoms with Crippen LogP contribution in [-0.2, 0) is 45.1 Å². The molecule has 0 aliphatic rings. The first-order chi connectivity index (χ1) is 14.9. The third kappa shape index (κ3) is 9.00. The van der Waals surface area contributed by atoms with Gasteiger partial charge in [-0.25, -0.2) is 0 Å². The van der Waals surface area contributed by atoms with Crippen LogP contribution < -0.4 is 11.5 Å². The first kappa shape index (κ1) is 29.5. The van der Waals surface area contributed by atoms with Crippen LogP contribution in [-0.4, -0.2) is 43.1 Å². The van der Waals surface area contributed by atoms with Crippen molar-refractivity contribution in [3.05, 3.63) is 59.7 Å². The van der Waals surface area contributed by atoms with Crippen molar-refractivity contribution >= 4 is 39.1 Å². The minimum atomic E-state index is -4.06. The number of halogens is 2. The van der Waals surface area contributed by atoms with E-state index in [9.17, 15) is 16.8 Å². The number of aryl methyl sites for hydroxylation is 2. The van der Waals surface area contributed by atoms with Gasteiger partial charge in [0.1, 0.15) is 0 Å². The summed E-state index contributed by atoms with van der Waals surface area (Å²) in [7, 11) is 1.64. The fourth-order valence-corrected chi connectivity index (χ4v) is 4.33. The normalized spacial score (nSPS) is 12.3. The van der Waals surface area contributed by atoms with E-state index in [0.29, 0.717) is 0 Å². The van der Waals surface area contributed by atoms with Gasteiger partial charge in [0.15, 0.2) is 0 Å². The Bertz CT molecular complexity index is 965. The molecule has 0 heterocycles. The summed E-state index contributed by atoms with van der Waals surface area (Å²) in [5.41, 5.74) is 12.1. The first-order valence-electron chi connectivity index (χ1n) is 9.10. The fraction of sp³-hybridized carbons (Fsp3) is 0.368. The van der Waals surface area contributed by atoms with Gasteiger partial charge in [-0.3, -0.25) is 8.37 Å². The van der Waals surface area contributed by atoms with Crippen LogP contribution >= 0.6 is 18.8 Å². The average molecular weight is 709 g/mol. The van der Waals surface area contributed by atoms with Crippen LogP contribution in [0, 0.1) is 19.3 Å². The summed E-state index contributed by atoms with van der Waals surface area (Å²) in [5, 5.41) is 0. The van der Waals surface area contributed by atoms with Gasteiger partial charge >= 0.3 is 35.3 Å². The van der Waals surface area contributed by atoms with E-state index < -0.39 is 55.3 Å². The average Bonchev–Trinajstić information content (AvgIpc) is 2.76. The summed E-state index contributed by atoms with van der Waals surface area (Å²) in [6.45, 7) is 2.57. The van der Waals surface area contributed by atoms with Gasteiger partial charge in [-0.15, -0.1) is 0 Å². The van der Waals surface area contributed by atoms with Crippen molar-refractivity contribution in [2.45, 2.75) is 23.6 Å².